The van der Waals surface area contributed by atoms with Gasteiger partial charge in [-0.2, -0.15) is 0 Å². The summed E-state index contributed by atoms with van der Waals surface area (Å²) in [6.45, 7) is 11.8. The molecule has 6 nitrogen and oxygen atoms in total. The zero-order valence-electron chi connectivity index (χ0n) is 19.2. The van der Waals surface area contributed by atoms with E-state index >= 15 is 0 Å². The first-order valence-corrected chi connectivity index (χ1v) is 11.0. The Kier molecular flexibility index (Phi) is 5.41. The maximum atomic E-state index is 13.2. The molecule has 1 unspecified atom stereocenters. The fourth-order valence-electron chi connectivity index (χ4n) is 5.03. The van der Waals surface area contributed by atoms with Crippen molar-refractivity contribution in [2.75, 3.05) is 16.3 Å². The van der Waals surface area contributed by atoms with Crippen molar-refractivity contribution < 1.29 is 14.4 Å². The van der Waals surface area contributed by atoms with Gasteiger partial charge in [0.1, 0.15) is 5.57 Å². The molecule has 0 spiro atoms. The van der Waals surface area contributed by atoms with Crippen LogP contribution in [0.2, 0.25) is 0 Å². The second-order valence-corrected chi connectivity index (χ2v) is 9.22. The van der Waals surface area contributed by atoms with Gasteiger partial charge >= 0.3 is 6.03 Å². The molecule has 0 bridgehead atoms. The lowest BCUT2D eigenvalue weighted by molar-refractivity contribution is -0.122. The summed E-state index contributed by atoms with van der Waals surface area (Å²) in [6.07, 6.45) is 2.63. The summed E-state index contributed by atoms with van der Waals surface area (Å²) in [5.74, 6) is -0.945. The molecule has 1 N–H and O–H groups in total. The molecule has 0 radical (unpaired) electrons. The van der Waals surface area contributed by atoms with Crippen molar-refractivity contribution in [3.63, 3.8) is 0 Å². The Balaban J connectivity index is 1.78. The average molecular weight is 432 g/mol. The number of benzene rings is 2. The number of carbonyl (C=O) groups is 3. The van der Waals surface area contributed by atoms with E-state index in [0.29, 0.717) is 11.6 Å². The number of anilines is 2. The standard InChI is InChI=1S/C26H29N3O3/c1-6-28-22-12-16(2)18(13-20(22)17(3)15-26(28,4)5)14-21-23(30)27-25(32)29(24(21)31)19-10-8-7-9-11-19/h7-14,17H,6,15H2,1-5H3,(H,27,30,32)/b21-14+. The monoisotopic (exact) mass is 431 g/mol. The number of aryl methyl sites for hydroxylation is 1. The second kappa shape index (κ2) is 7.93. The van der Waals surface area contributed by atoms with Crippen LogP contribution in [0.4, 0.5) is 16.2 Å². The van der Waals surface area contributed by atoms with E-state index in [-0.39, 0.29) is 11.1 Å². The number of barbiturate groups is 1. The number of imide groups is 2. The summed E-state index contributed by atoms with van der Waals surface area (Å²) in [7, 11) is 0. The fraction of sp³-hybridized carbons (Fsp3) is 0.346. The SMILES string of the molecule is CCN1c2cc(C)c(/C=C3\C(=O)NC(=O)N(c4ccccc4)C3=O)cc2C(C)CC1(C)C. The Labute approximate surface area is 188 Å². The first-order chi connectivity index (χ1) is 15.1. The van der Waals surface area contributed by atoms with Crippen molar-refractivity contribution in [1.82, 2.24) is 5.32 Å². The van der Waals surface area contributed by atoms with Crippen LogP contribution in [0.15, 0.2) is 48.0 Å². The first kappa shape index (κ1) is 21.8. The third-order valence-electron chi connectivity index (χ3n) is 6.51. The van der Waals surface area contributed by atoms with Gasteiger partial charge in [0.2, 0.25) is 0 Å². The second-order valence-electron chi connectivity index (χ2n) is 9.22. The van der Waals surface area contributed by atoms with E-state index in [1.165, 1.54) is 11.3 Å². The number of urea groups is 1. The maximum absolute atomic E-state index is 13.2. The Morgan fingerprint density at radius 2 is 1.81 bits per heavy atom. The highest BCUT2D eigenvalue weighted by Gasteiger charge is 2.38. The van der Waals surface area contributed by atoms with Crippen molar-refractivity contribution in [3.8, 4) is 0 Å². The van der Waals surface area contributed by atoms with Gasteiger partial charge in [-0.25, -0.2) is 9.69 Å². The molecule has 0 aromatic heterocycles. The van der Waals surface area contributed by atoms with Crippen molar-refractivity contribution in [2.45, 2.75) is 52.5 Å². The first-order valence-electron chi connectivity index (χ1n) is 11.0. The predicted molar refractivity (Wildman–Crippen MR) is 127 cm³/mol. The van der Waals surface area contributed by atoms with Crippen molar-refractivity contribution in [3.05, 3.63) is 64.7 Å². The number of carbonyl (C=O) groups excluding carboxylic acids is 3. The topological polar surface area (TPSA) is 69.7 Å². The van der Waals surface area contributed by atoms with Crippen LogP contribution >= 0.6 is 0 Å². The number of nitrogens with zero attached hydrogens (tertiary/aromatic N) is 2. The molecule has 2 aromatic rings. The zero-order chi connectivity index (χ0) is 23.2. The highest BCUT2D eigenvalue weighted by atomic mass is 16.2. The molecule has 6 heteroatoms. The van der Waals surface area contributed by atoms with E-state index in [1.807, 2.05) is 6.92 Å². The van der Waals surface area contributed by atoms with Gasteiger partial charge in [0.15, 0.2) is 0 Å². The number of amides is 4. The molecule has 0 aliphatic carbocycles. The number of fused-ring (bicyclic) bond motifs is 1. The van der Waals surface area contributed by atoms with Crippen LogP contribution in [-0.2, 0) is 9.59 Å². The number of nitrogens with one attached hydrogen (secondary N) is 1. The third kappa shape index (κ3) is 3.60. The highest BCUT2D eigenvalue weighted by Crippen LogP contribution is 2.44. The van der Waals surface area contributed by atoms with Crippen LogP contribution in [0.1, 0.15) is 56.7 Å². The summed E-state index contributed by atoms with van der Waals surface area (Å²) in [5.41, 5.74) is 4.64. The van der Waals surface area contributed by atoms with Gasteiger partial charge in [-0.3, -0.25) is 14.9 Å². The van der Waals surface area contributed by atoms with Gasteiger partial charge in [-0.1, -0.05) is 25.1 Å². The number of hydrogen-bond donors (Lipinski definition) is 1. The highest BCUT2D eigenvalue weighted by molar-refractivity contribution is 6.39. The molecular weight excluding hydrogens is 402 g/mol. The van der Waals surface area contributed by atoms with Crippen molar-refractivity contribution in [2.24, 2.45) is 0 Å². The minimum Gasteiger partial charge on any atom is -0.366 e. The largest absolute Gasteiger partial charge is 0.366 e. The molecular formula is C26H29N3O3. The normalized spacial score (nSPS) is 21.6. The Hall–Kier alpha value is -3.41. The Morgan fingerprint density at radius 1 is 1.12 bits per heavy atom. The predicted octanol–water partition coefficient (Wildman–Crippen LogP) is 4.77. The number of rotatable bonds is 3. The summed E-state index contributed by atoms with van der Waals surface area (Å²) >= 11 is 0. The molecule has 4 amide bonds. The lowest BCUT2D eigenvalue weighted by Crippen LogP contribution is -2.54. The van der Waals surface area contributed by atoms with Crippen LogP contribution in [0.5, 0.6) is 0 Å². The van der Waals surface area contributed by atoms with Gasteiger partial charge in [-0.15, -0.1) is 0 Å². The molecule has 2 aromatic carbocycles. The fourth-order valence-corrected chi connectivity index (χ4v) is 5.03. The smallest absolute Gasteiger partial charge is 0.335 e. The van der Waals surface area contributed by atoms with Crippen LogP contribution in [0.25, 0.3) is 6.08 Å². The van der Waals surface area contributed by atoms with E-state index in [0.717, 1.165) is 29.0 Å². The van der Waals surface area contributed by atoms with E-state index in [2.05, 4.69) is 50.0 Å². The maximum Gasteiger partial charge on any atom is 0.335 e. The van der Waals surface area contributed by atoms with E-state index in [9.17, 15) is 14.4 Å². The number of hydrogen-bond acceptors (Lipinski definition) is 4. The van der Waals surface area contributed by atoms with E-state index < -0.39 is 17.8 Å². The van der Waals surface area contributed by atoms with Crippen molar-refractivity contribution >= 4 is 35.3 Å². The molecule has 4 rings (SSSR count). The molecule has 1 fully saturated rings. The number of para-hydroxylation sites is 1. The van der Waals surface area contributed by atoms with Gasteiger partial charge in [0.05, 0.1) is 5.69 Å². The van der Waals surface area contributed by atoms with Crippen molar-refractivity contribution in [1.29, 1.82) is 0 Å². The average Bonchev–Trinajstić information content (AvgIpc) is 2.72. The minimum absolute atomic E-state index is 0.0485. The van der Waals surface area contributed by atoms with Crippen LogP contribution in [0.3, 0.4) is 0 Å². The van der Waals surface area contributed by atoms with Crippen LogP contribution in [-0.4, -0.2) is 29.9 Å². The summed E-state index contributed by atoms with van der Waals surface area (Å²) < 4.78 is 0. The molecule has 2 heterocycles. The van der Waals surface area contributed by atoms with E-state index in [1.54, 1.807) is 36.4 Å². The van der Waals surface area contributed by atoms with Crippen LogP contribution in [0, 0.1) is 6.92 Å². The van der Waals surface area contributed by atoms with Gasteiger partial charge in [-0.05, 0) is 87.1 Å². The quantitative estimate of drug-likeness (QED) is 0.561. The Bertz CT molecular complexity index is 1130. The Morgan fingerprint density at radius 3 is 2.47 bits per heavy atom. The van der Waals surface area contributed by atoms with E-state index in [4.69, 9.17) is 0 Å². The minimum atomic E-state index is -0.736. The molecule has 166 valence electrons. The lowest BCUT2D eigenvalue weighted by atomic mass is 9.79. The molecule has 1 atom stereocenters. The molecule has 1 saturated heterocycles. The summed E-state index contributed by atoms with van der Waals surface area (Å²) in [6, 6.07) is 12.1. The molecule has 32 heavy (non-hydrogen) atoms. The van der Waals surface area contributed by atoms with Gasteiger partial charge < -0.3 is 4.90 Å². The van der Waals surface area contributed by atoms with Gasteiger partial charge in [0.25, 0.3) is 11.8 Å². The van der Waals surface area contributed by atoms with Gasteiger partial charge in [0, 0.05) is 17.8 Å². The summed E-state index contributed by atoms with van der Waals surface area (Å²) in [4.78, 5) is 41.6. The van der Waals surface area contributed by atoms with Crippen LogP contribution < -0.4 is 15.1 Å². The molecule has 2 aliphatic heterocycles. The molecule has 2 aliphatic rings. The third-order valence-corrected chi connectivity index (χ3v) is 6.51. The lowest BCUT2D eigenvalue weighted by Gasteiger charge is -2.47. The zero-order valence-corrected chi connectivity index (χ0v) is 19.2. The summed E-state index contributed by atoms with van der Waals surface area (Å²) in [5, 5.41) is 2.30. The molecule has 0 saturated carbocycles.